The third-order valence-corrected chi connectivity index (χ3v) is 5.70. The molecule has 8 heteroatoms. The average molecular weight is 354 g/mol. The topological polar surface area (TPSA) is 113 Å². The minimum absolute atomic E-state index is 0.0708. The molecule has 1 amide bonds. The van der Waals surface area contributed by atoms with E-state index in [4.69, 9.17) is 5.11 Å². The van der Waals surface area contributed by atoms with Crippen molar-refractivity contribution in [1.29, 1.82) is 0 Å². The van der Waals surface area contributed by atoms with Gasteiger partial charge in [0.2, 0.25) is 15.9 Å². The van der Waals surface area contributed by atoms with E-state index in [1.807, 2.05) is 0 Å². The molecular weight excluding hydrogens is 332 g/mol. The van der Waals surface area contributed by atoms with Crippen LogP contribution in [0.1, 0.15) is 38.2 Å². The highest BCUT2D eigenvalue weighted by atomic mass is 32.2. The lowest BCUT2D eigenvalue weighted by Gasteiger charge is -2.41. The number of carbonyl (C=O) groups excluding carboxylic acids is 1. The van der Waals surface area contributed by atoms with E-state index in [1.165, 1.54) is 12.1 Å². The maximum absolute atomic E-state index is 12.2. The second kappa shape index (κ2) is 7.31. The van der Waals surface area contributed by atoms with Crippen molar-refractivity contribution in [3.05, 3.63) is 29.8 Å². The summed E-state index contributed by atoms with van der Waals surface area (Å²) in [4.78, 5) is 23.2. The lowest BCUT2D eigenvalue weighted by molar-refractivity contribution is -0.140. The molecule has 1 aliphatic carbocycles. The predicted octanol–water partition coefficient (Wildman–Crippen LogP) is 1.04. The summed E-state index contributed by atoms with van der Waals surface area (Å²) < 4.78 is 26.1. The maximum Gasteiger partial charge on any atom is 0.305 e. The van der Waals surface area contributed by atoms with Gasteiger partial charge in [-0.1, -0.05) is 19.1 Å². The fourth-order valence-electron chi connectivity index (χ4n) is 2.82. The smallest absolute Gasteiger partial charge is 0.305 e. The summed E-state index contributed by atoms with van der Waals surface area (Å²) in [5, 5.41) is 11.8. The Kier molecular flexibility index (Phi) is 5.61. The minimum Gasteiger partial charge on any atom is -0.481 e. The minimum atomic E-state index is -3.51. The molecule has 0 radical (unpaired) electrons. The van der Waals surface area contributed by atoms with Gasteiger partial charge < -0.3 is 10.4 Å². The van der Waals surface area contributed by atoms with Crippen molar-refractivity contribution in [3.63, 3.8) is 0 Å². The molecule has 0 bridgehead atoms. The largest absolute Gasteiger partial charge is 0.481 e. The summed E-state index contributed by atoms with van der Waals surface area (Å²) in [6.45, 7) is 2.00. The molecular formula is C16H22N2O5S. The van der Waals surface area contributed by atoms with Crippen LogP contribution in [0.25, 0.3) is 0 Å². The fraction of sp³-hybridized carbons (Fsp3) is 0.500. The Balaban J connectivity index is 1.98. The number of hydrogen-bond acceptors (Lipinski definition) is 4. The van der Waals surface area contributed by atoms with Crippen LogP contribution in [0.4, 0.5) is 0 Å². The highest BCUT2D eigenvalue weighted by Gasteiger charge is 2.40. The molecule has 3 N–H and O–H groups in total. The highest BCUT2D eigenvalue weighted by Crippen LogP contribution is 2.35. The number of carboxylic acids is 1. The second-order valence-electron chi connectivity index (χ2n) is 6.07. The van der Waals surface area contributed by atoms with Crippen molar-refractivity contribution < 1.29 is 23.1 Å². The summed E-state index contributed by atoms with van der Waals surface area (Å²) in [7, 11) is -3.51. The number of hydrogen-bond donors (Lipinski definition) is 3. The maximum atomic E-state index is 12.2. The van der Waals surface area contributed by atoms with E-state index in [1.54, 1.807) is 19.1 Å². The van der Waals surface area contributed by atoms with Crippen molar-refractivity contribution in [3.8, 4) is 0 Å². The van der Waals surface area contributed by atoms with E-state index in [0.29, 0.717) is 24.9 Å². The molecule has 0 spiro atoms. The van der Waals surface area contributed by atoms with Crippen LogP contribution in [0.5, 0.6) is 0 Å². The van der Waals surface area contributed by atoms with Crippen LogP contribution in [0, 0.1) is 0 Å². The molecule has 1 aromatic rings. The van der Waals surface area contributed by atoms with E-state index in [-0.39, 0.29) is 23.6 Å². The van der Waals surface area contributed by atoms with Crippen molar-refractivity contribution >= 4 is 21.9 Å². The Morgan fingerprint density at radius 1 is 1.21 bits per heavy atom. The SMILES string of the molecule is CCNS(=O)(=O)c1ccc(CC(=O)NC2(CC(=O)O)CCC2)cc1. The van der Waals surface area contributed by atoms with E-state index in [9.17, 15) is 18.0 Å². The summed E-state index contributed by atoms with van der Waals surface area (Å²) in [6, 6.07) is 6.09. The molecule has 0 atom stereocenters. The van der Waals surface area contributed by atoms with Crippen LogP contribution in [0.2, 0.25) is 0 Å². The first-order valence-corrected chi connectivity index (χ1v) is 9.36. The molecule has 132 valence electrons. The van der Waals surface area contributed by atoms with Crippen LogP contribution < -0.4 is 10.0 Å². The van der Waals surface area contributed by atoms with Gasteiger partial charge in [0.25, 0.3) is 0 Å². The summed E-state index contributed by atoms with van der Waals surface area (Å²) in [5.41, 5.74) is 0.0461. The zero-order valence-corrected chi connectivity index (χ0v) is 14.4. The lowest BCUT2D eigenvalue weighted by Crippen LogP contribution is -2.55. The van der Waals surface area contributed by atoms with Crippen LogP contribution in [-0.2, 0) is 26.0 Å². The third kappa shape index (κ3) is 4.55. The molecule has 1 aromatic carbocycles. The molecule has 1 fully saturated rings. The van der Waals surface area contributed by atoms with Gasteiger partial charge in [0, 0.05) is 6.54 Å². The van der Waals surface area contributed by atoms with Gasteiger partial charge in [0.15, 0.2) is 0 Å². The van der Waals surface area contributed by atoms with Crippen molar-refractivity contribution in [2.24, 2.45) is 0 Å². The Morgan fingerprint density at radius 3 is 2.29 bits per heavy atom. The predicted molar refractivity (Wildman–Crippen MR) is 88.0 cm³/mol. The standard InChI is InChI=1S/C16H22N2O5S/c1-2-17-24(22,23)13-6-4-12(5-7-13)10-14(19)18-16(8-3-9-16)11-15(20)21/h4-7,17H,2-3,8-11H2,1H3,(H,18,19)(H,20,21). The number of amides is 1. The van der Waals surface area contributed by atoms with E-state index in [0.717, 1.165) is 6.42 Å². The van der Waals surface area contributed by atoms with Gasteiger partial charge in [0.1, 0.15) is 0 Å². The zero-order chi connectivity index (χ0) is 17.8. The molecule has 2 rings (SSSR count). The fourth-order valence-corrected chi connectivity index (χ4v) is 3.87. The van der Waals surface area contributed by atoms with Gasteiger partial charge in [-0.15, -0.1) is 0 Å². The molecule has 0 aliphatic heterocycles. The normalized spacial score (nSPS) is 16.2. The Labute approximate surface area is 141 Å². The first-order valence-electron chi connectivity index (χ1n) is 7.88. The molecule has 1 saturated carbocycles. The summed E-state index contributed by atoms with van der Waals surface area (Å²) in [5.74, 6) is -1.17. The average Bonchev–Trinajstić information content (AvgIpc) is 2.45. The van der Waals surface area contributed by atoms with Gasteiger partial charge in [0.05, 0.1) is 23.3 Å². The van der Waals surface area contributed by atoms with Gasteiger partial charge >= 0.3 is 5.97 Å². The first kappa shape index (κ1) is 18.4. The van der Waals surface area contributed by atoms with Crippen LogP contribution in [-0.4, -0.2) is 37.5 Å². The number of sulfonamides is 1. The number of carbonyl (C=O) groups is 2. The summed E-state index contributed by atoms with van der Waals surface area (Å²) in [6.07, 6.45) is 2.27. The molecule has 24 heavy (non-hydrogen) atoms. The summed E-state index contributed by atoms with van der Waals surface area (Å²) >= 11 is 0. The molecule has 0 unspecified atom stereocenters. The van der Waals surface area contributed by atoms with Crippen LogP contribution in [0.15, 0.2) is 29.2 Å². The Hall–Kier alpha value is -1.93. The van der Waals surface area contributed by atoms with E-state index < -0.39 is 21.5 Å². The van der Waals surface area contributed by atoms with E-state index >= 15 is 0 Å². The number of benzene rings is 1. The first-order chi connectivity index (χ1) is 11.3. The Bertz CT molecular complexity index is 708. The highest BCUT2D eigenvalue weighted by molar-refractivity contribution is 7.89. The molecule has 0 aromatic heterocycles. The van der Waals surface area contributed by atoms with Crippen molar-refractivity contribution in [2.45, 2.75) is 49.5 Å². The lowest BCUT2D eigenvalue weighted by atomic mass is 9.74. The van der Waals surface area contributed by atoms with Gasteiger partial charge in [-0.2, -0.15) is 0 Å². The van der Waals surface area contributed by atoms with Gasteiger partial charge in [-0.25, -0.2) is 13.1 Å². The molecule has 0 saturated heterocycles. The quantitative estimate of drug-likeness (QED) is 0.646. The number of carboxylic acid groups (broad SMARTS) is 1. The van der Waals surface area contributed by atoms with Gasteiger partial charge in [-0.05, 0) is 37.0 Å². The monoisotopic (exact) mass is 354 g/mol. The molecule has 7 nitrogen and oxygen atoms in total. The van der Waals surface area contributed by atoms with Gasteiger partial charge in [-0.3, -0.25) is 9.59 Å². The van der Waals surface area contributed by atoms with Crippen LogP contribution in [0.3, 0.4) is 0 Å². The second-order valence-corrected chi connectivity index (χ2v) is 7.84. The molecule has 1 aliphatic rings. The number of aliphatic carboxylic acids is 1. The van der Waals surface area contributed by atoms with Crippen molar-refractivity contribution in [2.75, 3.05) is 6.54 Å². The Morgan fingerprint density at radius 2 is 1.83 bits per heavy atom. The van der Waals surface area contributed by atoms with E-state index in [2.05, 4.69) is 10.0 Å². The van der Waals surface area contributed by atoms with Crippen LogP contribution >= 0.6 is 0 Å². The third-order valence-electron chi connectivity index (χ3n) is 4.14. The number of nitrogens with one attached hydrogen (secondary N) is 2. The molecule has 0 heterocycles. The zero-order valence-electron chi connectivity index (χ0n) is 13.5. The number of rotatable bonds is 8. The van der Waals surface area contributed by atoms with Crippen molar-refractivity contribution in [1.82, 2.24) is 10.0 Å².